The number of benzene rings is 1. The van der Waals surface area contributed by atoms with Gasteiger partial charge in [0.05, 0.1) is 33.7 Å². The standard InChI is InChI=1S/C23H37FN2O3/c1-26(2,3)18-20(17-23(28)29)25-22(27)16-10-8-6-4-5-7-9-13-19-14-11-12-15-21(19)24/h11-12,14-15,20H,4-10,13,16-18H2,1-3H3,(H-,25,27,28,29)/t20-/m1/s1. The van der Waals surface area contributed by atoms with Gasteiger partial charge in [0.25, 0.3) is 0 Å². The molecule has 0 aliphatic rings. The number of hydrogen-bond acceptors (Lipinski definition) is 3. The van der Waals surface area contributed by atoms with Gasteiger partial charge in [0, 0.05) is 18.8 Å². The molecule has 0 aliphatic heterocycles. The molecule has 0 heterocycles. The molecule has 1 aromatic carbocycles. The number of halogens is 1. The molecule has 1 N–H and O–H groups in total. The molecule has 0 fully saturated rings. The van der Waals surface area contributed by atoms with Gasteiger partial charge in [0.15, 0.2) is 0 Å². The van der Waals surface area contributed by atoms with Crippen LogP contribution in [0, 0.1) is 5.82 Å². The van der Waals surface area contributed by atoms with Crippen molar-refractivity contribution in [2.24, 2.45) is 0 Å². The van der Waals surface area contributed by atoms with Gasteiger partial charge in [0.1, 0.15) is 5.82 Å². The number of carboxylic acids is 1. The Kier molecular flexibility index (Phi) is 11.5. The first kappa shape index (κ1) is 25.1. The maximum absolute atomic E-state index is 13.5. The Morgan fingerprint density at radius 2 is 1.59 bits per heavy atom. The second-order valence-electron chi connectivity index (χ2n) is 8.88. The minimum atomic E-state index is -1.14. The van der Waals surface area contributed by atoms with Crippen LogP contribution in [0.1, 0.15) is 63.4 Å². The van der Waals surface area contributed by atoms with Crippen LogP contribution in [0.2, 0.25) is 0 Å². The molecule has 5 nitrogen and oxygen atoms in total. The van der Waals surface area contributed by atoms with Crippen molar-refractivity contribution in [3.8, 4) is 0 Å². The average molecular weight is 409 g/mol. The van der Waals surface area contributed by atoms with Crippen molar-refractivity contribution < 1.29 is 23.6 Å². The fourth-order valence-corrected chi connectivity index (χ4v) is 3.51. The summed E-state index contributed by atoms with van der Waals surface area (Å²) < 4.78 is 14.1. The summed E-state index contributed by atoms with van der Waals surface area (Å²) in [6, 6.07) is 6.54. The maximum atomic E-state index is 13.5. The molecule has 29 heavy (non-hydrogen) atoms. The zero-order valence-corrected chi connectivity index (χ0v) is 18.2. The van der Waals surface area contributed by atoms with E-state index in [1.807, 2.05) is 33.3 Å². The summed E-state index contributed by atoms with van der Waals surface area (Å²) in [6.07, 6.45) is 8.25. The van der Waals surface area contributed by atoms with E-state index >= 15 is 0 Å². The second-order valence-corrected chi connectivity index (χ2v) is 8.88. The molecule has 1 aromatic rings. The molecule has 0 aromatic heterocycles. The van der Waals surface area contributed by atoms with Gasteiger partial charge in [0.2, 0.25) is 5.91 Å². The lowest BCUT2D eigenvalue weighted by Gasteiger charge is -2.30. The van der Waals surface area contributed by atoms with Crippen molar-refractivity contribution in [2.75, 3.05) is 27.7 Å². The lowest BCUT2D eigenvalue weighted by molar-refractivity contribution is -0.871. The van der Waals surface area contributed by atoms with Crippen LogP contribution in [0.4, 0.5) is 4.39 Å². The number of carbonyl (C=O) groups is 2. The van der Waals surface area contributed by atoms with Gasteiger partial charge in [-0.3, -0.25) is 4.79 Å². The Morgan fingerprint density at radius 1 is 1.00 bits per heavy atom. The first-order valence-electron chi connectivity index (χ1n) is 10.7. The van der Waals surface area contributed by atoms with Gasteiger partial charge < -0.3 is 19.7 Å². The lowest BCUT2D eigenvalue weighted by atomic mass is 10.0. The summed E-state index contributed by atoms with van der Waals surface area (Å²) in [5.74, 6) is -1.34. The highest BCUT2D eigenvalue weighted by Crippen LogP contribution is 2.13. The summed E-state index contributed by atoms with van der Waals surface area (Å²) >= 11 is 0. The van der Waals surface area contributed by atoms with Crippen LogP contribution in [-0.4, -0.2) is 50.1 Å². The number of unbranched alkanes of at least 4 members (excludes halogenated alkanes) is 6. The van der Waals surface area contributed by atoms with Crippen molar-refractivity contribution >= 4 is 11.9 Å². The van der Waals surface area contributed by atoms with Crippen LogP contribution in [-0.2, 0) is 16.0 Å². The van der Waals surface area contributed by atoms with Gasteiger partial charge in [-0.15, -0.1) is 0 Å². The Balaban J connectivity index is 2.09. The molecule has 1 rings (SSSR count). The molecule has 0 radical (unpaired) electrons. The van der Waals surface area contributed by atoms with Crippen molar-refractivity contribution in [1.82, 2.24) is 5.32 Å². The van der Waals surface area contributed by atoms with Crippen LogP contribution < -0.4 is 10.4 Å². The zero-order chi connectivity index (χ0) is 21.7. The van der Waals surface area contributed by atoms with Crippen molar-refractivity contribution in [1.29, 1.82) is 0 Å². The minimum Gasteiger partial charge on any atom is -0.550 e. The molecule has 0 saturated heterocycles. The molecule has 0 aliphatic carbocycles. The summed E-state index contributed by atoms with van der Waals surface area (Å²) in [5.41, 5.74) is 0.792. The molecule has 0 unspecified atom stereocenters. The lowest BCUT2D eigenvalue weighted by Crippen LogP contribution is -2.50. The SMILES string of the molecule is C[N+](C)(C)C[C@@H](CC(=O)[O-])NC(=O)CCCCCCCCCc1ccccc1F. The highest BCUT2D eigenvalue weighted by atomic mass is 19.1. The smallest absolute Gasteiger partial charge is 0.220 e. The Bertz CT molecular complexity index is 629. The van der Waals surface area contributed by atoms with Crippen molar-refractivity contribution in [3.63, 3.8) is 0 Å². The molecule has 0 bridgehead atoms. The third-order valence-electron chi connectivity index (χ3n) is 4.85. The average Bonchev–Trinajstić information content (AvgIpc) is 2.59. The predicted octanol–water partition coefficient (Wildman–Crippen LogP) is 2.82. The van der Waals surface area contributed by atoms with Crippen LogP contribution >= 0.6 is 0 Å². The number of quaternary nitrogens is 1. The van der Waals surface area contributed by atoms with Crippen LogP contribution in [0.3, 0.4) is 0 Å². The first-order valence-corrected chi connectivity index (χ1v) is 10.7. The van der Waals surface area contributed by atoms with E-state index in [1.54, 1.807) is 6.07 Å². The summed E-state index contributed by atoms with van der Waals surface area (Å²) in [7, 11) is 5.89. The van der Waals surface area contributed by atoms with Crippen molar-refractivity contribution in [2.45, 2.75) is 70.3 Å². The molecule has 0 spiro atoms. The molecule has 1 amide bonds. The van der Waals surface area contributed by atoms with E-state index in [-0.39, 0.29) is 18.1 Å². The quantitative estimate of drug-likeness (QED) is 0.358. The number of likely N-dealkylation sites (N-methyl/N-ethyl adjacent to an activating group) is 1. The zero-order valence-electron chi connectivity index (χ0n) is 18.2. The molecule has 0 saturated carbocycles. The van der Waals surface area contributed by atoms with E-state index in [2.05, 4.69) is 5.32 Å². The number of nitrogens with one attached hydrogen (secondary N) is 1. The molecule has 6 heteroatoms. The van der Waals surface area contributed by atoms with Crippen LogP contribution in [0.15, 0.2) is 24.3 Å². The third kappa shape index (κ3) is 13.0. The van der Waals surface area contributed by atoms with Gasteiger partial charge in [-0.25, -0.2) is 4.39 Å². The number of hydrogen-bond donors (Lipinski definition) is 1. The number of nitrogens with zero attached hydrogens (tertiary/aromatic N) is 1. The van der Waals surface area contributed by atoms with Crippen molar-refractivity contribution in [3.05, 3.63) is 35.6 Å². The first-order chi connectivity index (χ1) is 13.7. The second kappa shape index (κ2) is 13.3. The van der Waals surface area contributed by atoms with Gasteiger partial charge in [-0.05, 0) is 30.9 Å². The number of carboxylic acid groups (broad SMARTS) is 1. The van der Waals surface area contributed by atoms with E-state index in [0.717, 1.165) is 56.9 Å². The highest BCUT2D eigenvalue weighted by molar-refractivity contribution is 5.77. The number of rotatable bonds is 15. The topological polar surface area (TPSA) is 69.2 Å². The largest absolute Gasteiger partial charge is 0.550 e. The fraction of sp³-hybridized carbons (Fsp3) is 0.652. The summed E-state index contributed by atoms with van der Waals surface area (Å²) in [6.45, 7) is 0.548. The van der Waals surface area contributed by atoms with E-state index in [0.29, 0.717) is 17.4 Å². The van der Waals surface area contributed by atoms with Gasteiger partial charge >= 0.3 is 0 Å². The van der Waals surface area contributed by atoms with E-state index in [1.165, 1.54) is 6.07 Å². The maximum Gasteiger partial charge on any atom is 0.220 e. The Morgan fingerprint density at radius 3 is 2.17 bits per heavy atom. The Hall–Kier alpha value is -1.95. The molecule has 164 valence electrons. The summed E-state index contributed by atoms with van der Waals surface area (Å²) in [5, 5.41) is 13.7. The normalized spacial score (nSPS) is 12.6. The van der Waals surface area contributed by atoms with E-state index in [4.69, 9.17) is 0 Å². The molecular weight excluding hydrogens is 371 g/mol. The number of aliphatic carboxylic acids is 1. The number of carbonyl (C=O) groups excluding carboxylic acids is 2. The predicted molar refractivity (Wildman–Crippen MR) is 111 cm³/mol. The molecular formula is C23H37FN2O3. The van der Waals surface area contributed by atoms with Gasteiger partial charge in [-0.1, -0.05) is 50.3 Å². The third-order valence-corrected chi connectivity index (χ3v) is 4.85. The van der Waals surface area contributed by atoms with Gasteiger partial charge in [-0.2, -0.15) is 0 Å². The highest BCUT2D eigenvalue weighted by Gasteiger charge is 2.20. The van der Waals surface area contributed by atoms with E-state index in [9.17, 15) is 19.1 Å². The molecule has 1 atom stereocenters. The minimum absolute atomic E-state index is 0.0883. The van der Waals surface area contributed by atoms with E-state index < -0.39 is 12.0 Å². The summed E-state index contributed by atoms with van der Waals surface area (Å²) in [4.78, 5) is 23.0. The fourth-order valence-electron chi connectivity index (χ4n) is 3.51. The number of amides is 1. The monoisotopic (exact) mass is 408 g/mol. The number of aryl methyl sites for hydroxylation is 1. The van der Waals surface area contributed by atoms with Crippen LogP contribution in [0.25, 0.3) is 0 Å². The Labute approximate surface area is 174 Å². The van der Waals surface area contributed by atoms with Crippen LogP contribution in [0.5, 0.6) is 0 Å².